The molecular weight excluding hydrogens is 662 g/mol. The van der Waals surface area contributed by atoms with Gasteiger partial charge in [0.15, 0.2) is 6.10 Å². The minimum Gasteiger partial charge on any atom is -0.479 e. The first-order valence-electron chi connectivity index (χ1n) is 16.2. The highest BCUT2D eigenvalue weighted by molar-refractivity contribution is 5.99. The van der Waals surface area contributed by atoms with E-state index in [2.05, 4.69) is 21.3 Å². The molecule has 0 saturated carbocycles. The van der Waals surface area contributed by atoms with E-state index in [-0.39, 0.29) is 30.9 Å². The summed E-state index contributed by atoms with van der Waals surface area (Å²) >= 11 is 0. The van der Waals surface area contributed by atoms with E-state index in [1.165, 1.54) is 25.1 Å². The third-order valence-electron chi connectivity index (χ3n) is 7.66. The maximum absolute atomic E-state index is 13.3. The number of aliphatic hydroxyl groups is 3. The number of anilines is 1. The van der Waals surface area contributed by atoms with Gasteiger partial charge in [0.1, 0.15) is 42.8 Å². The summed E-state index contributed by atoms with van der Waals surface area (Å²) in [5.41, 5.74) is 5.53. The average Bonchev–Trinajstić information content (AvgIpc) is 3.04. The van der Waals surface area contributed by atoms with Gasteiger partial charge in [-0.1, -0.05) is 40.7 Å². The Hall–Kier alpha value is -4.36. The predicted octanol–water partition coefficient (Wildman–Crippen LogP) is -1.52. The summed E-state index contributed by atoms with van der Waals surface area (Å²) in [5.74, 6) is -5.72. The van der Waals surface area contributed by atoms with Crippen LogP contribution in [0.2, 0.25) is 0 Å². The van der Waals surface area contributed by atoms with Crippen molar-refractivity contribution in [1.82, 2.24) is 16.0 Å². The Kier molecular flexibility index (Phi) is 16.0. The number of ether oxygens (including phenoxy) is 3. The number of carboxylic acid groups (broad SMARTS) is 1. The molecule has 1 aliphatic rings. The first-order valence-corrected chi connectivity index (χ1v) is 16.2. The molecule has 1 aliphatic heterocycles. The van der Waals surface area contributed by atoms with E-state index < -0.39 is 96.2 Å². The van der Waals surface area contributed by atoms with Crippen LogP contribution in [0.1, 0.15) is 59.9 Å². The first-order chi connectivity index (χ1) is 23.4. The zero-order valence-electron chi connectivity index (χ0n) is 28.9. The number of carbonyl (C=O) groups is 6. The number of nitrogens with one attached hydrogen (secondary N) is 4. The number of aliphatic hydroxyl groups excluding tert-OH is 3. The van der Waals surface area contributed by atoms with Crippen molar-refractivity contribution in [1.29, 1.82) is 0 Å². The summed E-state index contributed by atoms with van der Waals surface area (Å²) in [7, 11) is 0. The topological polar surface area (TPSA) is 285 Å². The number of benzene rings is 1. The van der Waals surface area contributed by atoms with Gasteiger partial charge in [0.05, 0.1) is 17.6 Å². The minimum atomic E-state index is -1.98. The fourth-order valence-corrected chi connectivity index (χ4v) is 4.71. The molecule has 280 valence electrons. The van der Waals surface area contributed by atoms with Crippen LogP contribution < -0.4 is 31.7 Å². The normalized spacial score (nSPS) is 22.2. The van der Waals surface area contributed by atoms with E-state index in [4.69, 9.17) is 19.9 Å². The van der Waals surface area contributed by atoms with Gasteiger partial charge in [0, 0.05) is 6.42 Å². The largest absolute Gasteiger partial charge is 0.479 e. The summed E-state index contributed by atoms with van der Waals surface area (Å²) in [6, 6.07) is 1.12. The SMILES string of the molecule is CCN[C@@H](CCC(N)=O)C(=O)N[C@H](C(=O)N[C@@H](C)C(=O)Nc1ccc(COC(=O)C(C)C)cc1O[C@@H]1O[C@H](C(=O)O)[C@@H](O)[C@H](O)[C@H]1O)C(C)C. The van der Waals surface area contributed by atoms with E-state index >= 15 is 0 Å². The van der Waals surface area contributed by atoms with Gasteiger partial charge >= 0.3 is 11.9 Å². The molecule has 1 aromatic carbocycles. The average molecular weight is 712 g/mol. The Morgan fingerprint density at radius 3 is 2.14 bits per heavy atom. The van der Waals surface area contributed by atoms with Crippen LogP contribution in [0.3, 0.4) is 0 Å². The zero-order valence-corrected chi connectivity index (χ0v) is 28.9. The molecule has 0 radical (unpaired) electrons. The Bertz CT molecular complexity index is 1370. The molecule has 1 fully saturated rings. The van der Waals surface area contributed by atoms with Crippen LogP contribution in [0.5, 0.6) is 5.75 Å². The number of aliphatic carboxylic acids is 1. The summed E-state index contributed by atoms with van der Waals surface area (Å²) in [6.45, 7) is 10.0. The number of rotatable bonds is 18. The van der Waals surface area contributed by atoms with E-state index in [0.29, 0.717) is 12.1 Å². The molecule has 50 heavy (non-hydrogen) atoms. The van der Waals surface area contributed by atoms with E-state index in [0.717, 1.165) is 0 Å². The van der Waals surface area contributed by atoms with Crippen molar-refractivity contribution in [3.8, 4) is 5.75 Å². The zero-order chi connectivity index (χ0) is 37.9. The number of hydrogen-bond acceptors (Lipinski definition) is 13. The molecule has 0 bridgehead atoms. The number of carboxylic acids is 1. The highest BCUT2D eigenvalue weighted by Crippen LogP contribution is 2.31. The van der Waals surface area contributed by atoms with Crippen LogP contribution in [-0.4, -0.2) is 111 Å². The molecule has 0 aliphatic carbocycles. The number of hydrogen-bond donors (Lipinski definition) is 9. The van der Waals surface area contributed by atoms with Crippen LogP contribution in [0.15, 0.2) is 18.2 Å². The lowest BCUT2D eigenvalue weighted by atomic mass is 9.99. The molecule has 10 N–H and O–H groups in total. The minimum absolute atomic E-state index is 0.0463. The maximum Gasteiger partial charge on any atom is 0.335 e. The third kappa shape index (κ3) is 11.9. The lowest BCUT2D eigenvalue weighted by Gasteiger charge is -2.38. The Morgan fingerprint density at radius 2 is 1.58 bits per heavy atom. The number of esters is 1. The summed E-state index contributed by atoms with van der Waals surface area (Å²) in [5, 5.41) is 50.9. The van der Waals surface area contributed by atoms with Crippen molar-refractivity contribution in [3.63, 3.8) is 0 Å². The number of nitrogens with two attached hydrogens (primary N) is 1. The fraction of sp³-hybridized carbons (Fsp3) is 0.625. The van der Waals surface area contributed by atoms with Gasteiger partial charge in [0.25, 0.3) is 0 Å². The second-order valence-corrected chi connectivity index (χ2v) is 12.5. The summed E-state index contributed by atoms with van der Waals surface area (Å²) in [4.78, 5) is 74.4. The highest BCUT2D eigenvalue weighted by Gasteiger charge is 2.48. The van der Waals surface area contributed by atoms with Crippen molar-refractivity contribution in [2.24, 2.45) is 17.6 Å². The molecule has 4 amide bonds. The molecule has 1 saturated heterocycles. The van der Waals surface area contributed by atoms with Crippen LogP contribution >= 0.6 is 0 Å². The van der Waals surface area contributed by atoms with Gasteiger partial charge < -0.3 is 61.6 Å². The van der Waals surface area contributed by atoms with Crippen molar-refractivity contribution < 1.29 is 63.4 Å². The Morgan fingerprint density at radius 1 is 0.920 bits per heavy atom. The van der Waals surface area contributed by atoms with Gasteiger partial charge in [-0.2, -0.15) is 0 Å². The number of carbonyl (C=O) groups excluding carboxylic acids is 5. The van der Waals surface area contributed by atoms with E-state index in [1.807, 2.05) is 0 Å². The predicted molar refractivity (Wildman–Crippen MR) is 175 cm³/mol. The van der Waals surface area contributed by atoms with Crippen molar-refractivity contribution >= 4 is 41.3 Å². The third-order valence-corrected chi connectivity index (χ3v) is 7.66. The highest BCUT2D eigenvalue weighted by atomic mass is 16.7. The van der Waals surface area contributed by atoms with E-state index in [1.54, 1.807) is 34.6 Å². The van der Waals surface area contributed by atoms with Crippen LogP contribution in [-0.2, 0) is 44.8 Å². The first kappa shape index (κ1) is 41.8. The smallest absolute Gasteiger partial charge is 0.335 e. The molecule has 8 atom stereocenters. The number of amides is 4. The molecule has 2 rings (SSSR count). The van der Waals surface area contributed by atoms with Crippen molar-refractivity contribution in [3.05, 3.63) is 23.8 Å². The molecule has 0 spiro atoms. The van der Waals surface area contributed by atoms with Crippen LogP contribution in [0.4, 0.5) is 5.69 Å². The Labute approximate surface area is 289 Å². The standard InChI is InChI=1S/C32H49N5O13/c1-7-34-19(10-11-21(33)38)28(43)37-22(14(2)3)29(44)35-16(6)27(42)36-18-9-8-17(13-48-31(47)15(4)5)12-20(18)49-32-25(41)23(39)24(40)26(50-32)30(45)46/h8-9,12,14-16,19,22-26,32,34,39-41H,7,10-11,13H2,1-6H3,(H2,33,38)(H,35,44)(H,36,42)(H,37,43)(H,45,46)/t16-,19-,22-,23-,24-,25+,26-,32+/m0/s1. The van der Waals surface area contributed by atoms with Crippen molar-refractivity contribution in [2.75, 3.05) is 11.9 Å². The number of likely N-dealkylation sites (N-methyl/N-ethyl adjacent to an activating group) is 1. The summed E-state index contributed by atoms with van der Waals surface area (Å²) in [6.07, 6.45) is -9.60. The van der Waals surface area contributed by atoms with Gasteiger partial charge in [-0.3, -0.25) is 24.0 Å². The van der Waals surface area contributed by atoms with E-state index in [9.17, 15) is 49.2 Å². The van der Waals surface area contributed by atoms with Gasteiger partial charge in [-0.05, 0) is 43.5 Å². The molecule has 1 aromatic rings. The maximum atomic E-state index is 13.3. The molecule has 0 unspecified atom stereocenters. The number of primary amides is 1. The van der Waals surface area contributed by atoms with Gasteiger partial charge in [-0.15, -0.1) is 0 Å². The second kappa shape index (κ2) is 19.1. The summed E-state index contributed by atoms with van der Waals surface area (Å²) < 4.78 is 16.2. The molecule has 18 heteroatoms. The molecular formula is C32H49N5O13. The van der Waals surface area contributed by atoms with Crippen LogP contribution in [0, 0.1) is 11.8 Å². The lowest BCUT2D eigenvalue weighted by Crippen LogP contribution is -2.61. The molecule has 18 nitrogen and oxygen atoms in total. The second-order valence-electron chi connectivity index (χ2n) is 12.5. The fourth-order valence-electron chi connectivity index (χ4n) is 4.71. The quantitative estimate of drug-likeness (QED) is 0.0783. The van der Waals surface area contributed by atoms with Crippen molar-refractivity contribution in [2.45, 2.75) is 110 Å². The Balaban J connectivity index is 2.27. The van der Waals surface area contributed by atoms with Crippen LogP contribution in [0.25, 0.3) is 0 Å². The molecule has 0 aromatic heterocycles. The van der Waals surface area contributed by atoms with Gasteiger partial charge in [0.2, 0.25) is 29.9 Å². The van der Waals surface area contributed by atoms with Gasteiger partial charge in [-0.25, -0.2) is 4.79 Å². The molecule has 1 heterocycles. The lowest BCUT2D eigenvalue weighted by molar-refractivity contribution is -0.271. The monoisotopic (exact) mass is 711 g/mol.